The normalized spacial score (nSPS) is 17.0. The first-order valence-electron chi connectivity index (χ1n) is 9.76. The van der Waals surface area contributed by atoms with Crippen molar-refractivity contribution in [2.24, 2.45) is 7.05 Å². The molecule has 30 heavy (non-hydrogen) atoms. The van der Waals surface area contributed by atoms with E-state index in [4.69, 9.17) is 9.72 Å². The quantitative estimate of drug-likeness (QED) is 0.563. The number of H-pyrrole nitrogens is 1. The van der Waals surface area contributed by atoms with Gasteiger partial charge in [0.2, 0.25) is 0 Å². The Labute approximate surface area is 171 Å². The van der Waals surface area contributed by atoms with Gasteiger partial charge < -0.3 is 14.6 Å². The molecule has 3 aromatic heterocycles. The smallest absolute Gasteiger partial charge is 0.299 e. The van der Waals surface area contributed by atoms with Crippen molar-refractivity contribution < 1.29 is 9.13 Å². The van der Waals surface area contributed by atoms with Gasteiger partial charge in [-0.05, 0) is 25.1 Å². The Balaban J connectivity index is 1.79. The maximum absolute atomic E-state index is 14.3. The average molecular weight is 408 g/mol. The highest BCUT2D eigenvalue weighted by Crippen LogP contribution is 2.29. The number of hydrogen-bond donors (Lipinski definition) is 1. The molecule has 1 saturated heterocycles. The molecule has 154 valence electrons. The highest BCUT2D eigenvalue weighted by Gasteiger charge is 2.25. The van der Waals surface area contributed by atoms with Gasteiger partial charge in [-0.15, -0.1) is 0 Å². The van der Waals surface area contributed by atoms with Gasteiger partial charge in [0.25, 0.3) is 5.56 Å². The second-order valence-electron chi connectivity index (χ2n) is 7.45. The van der Waals surface area contributed by atoms with E-state index in [1.807, 2.05) is 17.9 Å². The summed E-state index contributed by atoms with van der Waals surface area (Å²) in [7, 11) is 1.77. The van der Waals surface area contributed by atoms with Crippen LogP contribution in [0.4, 0.5) is 10.2 Å². The first kappa shape index (κ1) is 18.6. The molecule has 0 saturated carbocycles. The molecule has 0 aliphatic carbocycles. The summed E-state index contributed by atoms with van der Waals surface area (Å²) in [4.78, 5) is 23.1. The molecule has 1 fully saturated rings. The Morgan fingerprint density at radius 3 is 2.93 bits per heavy atom. The van der Waals surface area contributed by atoms with Gasteiger partial charge in [0.05, 0.1) is 31.1 Å². The lowest BCUT2D eigenvalue weighted by Gasteiger charge is -2.34. The summed E-state index contributed by atoms with van der Waals surface area (Å²) in [5, 5.41) is 5.02. The first-order valence-corrected chi connectivity index (χ1v) is 9.76. The predicted molar refractivity (Wildman–Crippen MR) is 111 cm³/mol. The van der Waals surface area contributed by atoms with Crippen molar-refractivity contribution in [2.45, 2.75) is 13.0 Å². The number of aromatic amines is 1. The van der Waals surface area contributed by atoms with Crippen molar-refractivity contribution in [3.8, 4) is 17.1 Å². The minimum atomic E-state index is -0.374. The topological polar surface area (TPSA) is 81.0 Å². The van der Waals surface area contributed by atoms with Gasteiger partial charge in [-0.3, -0.25) is 14.0 Å². The van der Waals surface area contributed by atoms with Crippen molar-refractivity contribution in [3.63, 3.8) is 0 Å². The maximum Gasteiger partial charge on any atom is 0.299 e. The van der Waals surface area contributed by atoms with Crippen LogP contribution in [0, 0.1) is 5.82 Å². The standard InChI is InChI=1S/C21H21FN6O2/c1-13-12-30-8-7-27(13)20-21(29)28(19-4-6-24-26(19)2)11-18(25-20)16-9-14(22)10-17-15(16)3-5-23-17/h3-6,9-11,13,23H,7-8,12H2,1-2H3/t13-/m1/s1. The van der Waals surface area contributed by atoms with Crippen LogP contribution in [-0.4, -0.2) is 50.1 Å². The summed E-state index contributed by atoms with van der Waals surface area (Å²) in [5.74, 6) is 0.547. The molecule has 1 N–H and O–H groups in total. The molecule has 4 heterocycles. The van der Waals surface area contributed by atoms with Gasteiger partial charge >= 0.3 is 0 Å². The number of fused-ring (bicyclic) bond motifs is 1. The second-order valence-corrected chi connectivity index (χ2v) is 7.45. The second kappa shape index (κ2) is 7.10. The lowest BCUT2D eigenvalue weighted by Crippen LogP contribution is -2.47. The van der Waals surface area contributed by atoms with E-state index in [0.717, 1.165) is 5.39 Å². The Morgan fingerprint density at radius 1 is 1.30 bits per heavy atom. The summed E-state index contributed by atoms with van der Waals surface area (Å²) in [5.41, 5.74) is 1.54. The molecule has 0 unspecified atom stereocenters. The van der Waals surface area contributed by atoms with Crippen LogP contribution in [0.5, 0.6) is 0 Å². The number of benzene rings is 1. The third kappa shape index (κ3) is 2.98. The number of halogens is 1. The molecule has 0 spiro atoms. The average Bonchev–Trinajstić information content (AvgIpc) is 3.37. The van der Waals surface area contributed by atoms with E-state index in [1.165, 1.54) is 16.7 Å². The highest BCUT2D eigenvalue weighted by molar-refractivity contribution is 5.94. The van der Waals surface area contributed by atoms with Crippen LogP contribution in [0.1, 0.15) is 6.92 Å². The van der Waals surface area contributed by atoms with Crippen molar-refractivity contribution >= 4 is 16.7 Å². The van der Waals surface area contributed by atoms with Crippen LogP contribution in [0.2, 0.25) is 0 Å². The Bertz CT molecular complexity index is 1290. The van der Waals surface area contributed by atoms with E-state index >= 15 is 0 Å². The molecule has 5 rings (SSSR count). The van der Waals surface area contributed by atoms with Crippen LogP contribution in [-0.2, 0) is 11.8 Å². The molecule has 0 radical (unpaired) electrons. The lowest BCUT2D eigenvalue weighted by molar-refractivity contribution is 0.0983. The fourth-order valence-electron chi connectivity index (χ4n) is 3.96. The van der Waals surface area contributed by atoms with E-state index in [2.05, 4.69) is 10.1 Å². The van der Waals surface area contributed by atoms with Gasteiger partial charge in [-0.2, -0.15) is 5.10 Å². The third-order valence-electron chi connectivity index (χ3n) is 5.48. The molecule has 4 aromatic rings. The van der Waals surface area contributed by atoms with Gasteiger partial charge in [-0.1, -0.05) is 0 Å². The van der Waals surface area contributed by atoms with Crippen LogP contribution in [0.25, 0.3) is 28.0 Å². The van der Waals surface area contributed by atoms with Crippen molar-refractivity contribution in [1.82, 2.24) is 24.3 Å². The largest absolute Gasteiger partial charge is 0.377 e. The number of aryl methyl sites for hydroxylation is 1. The summed E-state index contributed by atoms with van der Waals surface area (Å²) < 4.78 is 23.0. The number of nitrogens with one attached hydrogen (secondary N) is 1. The number of aromatic nitrogens is 5. The van der Waals surface area contributed by atoms with Crippen LogP contribution in [0.15, 0.2) is 47.7 Å². The van der Waals surface area contributed by atoms with Gasteiger partial charge in [0.15, 0.2) is 5.82 Å². The number of anilines is 1. The highest BCUT2D eigenvalue weighted by atomic mass is 19.1. The van der Waals surface area contributed by atoms with E-state index in [-0.39, 0.29) is 17.4 Å². The van der Waals surface area contributed by atoms with Crippen LogP contribution in [0.3, 0.4) is 0 Å². The summed E-state index contributed by atoms with van der Waals surface area (Å²) in [6, 6.07) is 6.52. The molecule has 1 atom stereocenters. The van der Waals surface area contributed by atoms with E-state index in [0.29, 0.717) is 48.2 Å². The van der Waals surface area contributed by atoms with Gasteiger partial charge in [0, 0.05) is 48.5 Å². The Kier molecular flexibility index (Phi) is 4.39. The minimum Gasteiger partial charge on any atom is -0.377 e. The monoisotopic (exact) mass is 408 g/mol. The summed E-state index contributed by atoms with van der Waals surface area (Å²) in [6.07, 6.45) is 5.04. The molecular formula is C21H21FN6O2. The molecular weight excluding hydrogens is 387 g/mol. The number of nitrogens with zero attached hydrogens (tertiary/aromatic N) is 5. The van der Waals surface area contributed by atoms with Crippen molar-refractivity contribution in [3.05, 3.63) is 59.0 Å². The molecule has 1 aliphatic rings. The number of morpholine rings is 1. The van der Waals surface area contributed by atoms with Crippen LogP contribution >= 0.6 is 0 Å². The van der Waals surface area contributed by atoms with Crippen molar-refractivity contribution in [1.29, 1.82) is 0 Å². The third-order valence-corrected chi connectivity index (χ3v) is 5.48. The molecule has 0 bridgehead atoms. The van der Waals surface area contributed by atoms with E-state index in [9.17, 15) is 9.18 Å². The molecule has 9 heteroatoms. The minimum absolute atomic E-state index is 0.00558. The maximum atomic E-state index is 14.3. The van der Waals surface area contributed by atoms with Crippen molar-refractivity contribution in [2.75, 3.05) is 24.7 Å². The van der Waals surface area contributed by atoms with E-state index < -0.39 is 0 Å². The molecule has 0 amide bonds. The van der Waals surface area contributed by atoms with E-state index in [1.54, 1.807) is 36.4 Å². The van der Waals surface area contributed by atoms with Crippen LogP contribution < -0.4 is 10.5 Å². The number of ether oxygens (including phenoxy) is 1. The first-order chi connectivity index (χ1) is 14.5. The molecule has 1 aromatic carbocycles. The van der Waals surface area contributed by atoms with Gasteiger partial charge in [0.1, 0.15) is 11.6 Å². The zero-order valence-corrected chi connectivity index (χ0v) is 16.7. The number of rotatable bonds is 3. The molecule has 8 nitrogen and oxygen atoms in total. The van der Waals surface area contributed by atoms with Gasteiger partial charge in [-0.25, -0.2) is 9.37 Å². The fraction of sp³-hybridized carbons (Fsp3) is 0.286. The summed E-state index contributed by atoms with van der Waals surface area (Å²) in [6.45, 7) is 3.58. The fourth-order valence-corrected chi connectivity index (χ4v) is 3.96. The SMILES string of the molecule is C[C@@H]1COCCN1c1nc(-c2cc(F)cc3[nH]ccc23)cn(-c2ccnn2C)c1=O. The zero-order chi connectivity index (χ0) is 20.8. The molecule has 1 aliphatic heterocycles. The number of hydrogen-bond acceptors (Lipinski definition) is 5. The Hall–Kier alpha value is -3.46. The predicted octanol–water partition coefficient (Wildman–Crippen LogP) is 2.48. The zero-order valence-electron chi connectivity index (χ0n) is 16.7. The lowest BCUT2D eigenvalue weighted by atomic mass is 10.1. The Morgan fingerprint density at radius 2 is 2.17 bits per heavy atom. The summed E-state index contributed by atoms with van der Waals surface area (Å²) >= 11 is 0.